The molecule has 1 saturated heterocycles. The first kappa shape index (κ1) is 35.2. The van der Waals surface area contributed by atoms with Crippen LogP contribution in [0.1, 0.15) is 54.5 Å². The standard InChI is InChI=1S/C36H40N8O6/c1-49-35(47)40-22-32(45)37-18-4-3-7-31-38-20-28(42-31)26-14-10-24(11-15-26)8-9-25-12-16-27(17-13-25)29-21-39-34(43-29)30-6-5-19-44(30)33(46)23-41-36(48)50-2/h10-17,20-21,30H,3-7,18-19,22-23H2,1-2H3,(H,37,45)(H,38,42)(H,39,43)(H,40,47)(H,41,48). The second kappa shape index (κ2) is 17.3. The van der Waals surface area contributed by atoms with Gasteiger partial charge >= 0.3 is 12.2 Å². The summed E-state index contributed by atoms with van der Waals surface area (Å²) in [5.41, 5.74) is 5.49. The van der Waals surface area contributed by atoms with Gasteiger partial charge in [0, 0.05) is 30.6 Å². The van der Waals surface area contributed by atoms with Crippen molar-refractivity contribution in [2.24, 2.45) is 0 Å². The fraction of sp³-hybridized carbons (Fsp3) is 0.333. The Morgan fingerprint density at radius 1 is 0.800 bits per heavy atom. The highest BCUT2D eigenvalue weighted by Gasteiger charge is 2.32. The van der Waals surface area contributed by atoms with Crippen LogP contribution in [0.2, 0.25) is 0 Å². The normalized spacial score (nSPS) is 13.6. The summed E-state index contributed by atoms with van der Waals surface area (Å²) in [6.07, 6.45) is 6.33. The lowest BCUT2D eigenvalue weighted by molar-refractivity contribution is -0.131. The minimum atomic E-state index is -0.639. The molecule has 4 amide bonds. The lowest BCUT2D eigenvalue weighted by Gasteiger charge is -2.23. The Balaban J connectivity index is 1.09. The predicted molar refractivity (Wildman–Crippen MR) is 184 cm³/mol. The van der Waals surface area contributed by atoms with Crippen molar-refractivity contribution >= 4 is 24.0 Å². The molecule has 3 heterocycles. The number of alkyl carbamates (subject to hydrolysis) is 2. The number of amides is 4. The molecule has 0 spiro atoms. The predicted octanol–water partition coefficient (Wildman–Crippen LogP) is 3.68. The van der Waals surface area contributed by atoms with Gasteiger partial charge in [-0.2, -0.15) is 0 Å². The molecule has 50 heavy (non-hydrogen) atoms. The van der Waals surface area contributed by atoms with E-state index >= 15 is 0 Å². The van der Waals surface area contributed by atoms with Gasteiger partial charge in [0.2, 0.25) is 11.8 Å². The van der Waals surface area contributed by atoms with Crippen LogP contribution in [-0.2, 0) is 25.5 Å². The molecule has 5 rings (SSSR count). The number of nitrogens with zero attached hydrogens (tertiary/aromatic N) is 3. The van der Waals surface area contributed by atoms with Crippen LogP contribution in [0.15, 0.2) is 60.9 Å². The lowest BCUT2D eigenvalue weighted by atomic mass is 10.1. The molecule has 2 aromatic carbocycles. The average Bonchev–Trinajstić information content (AvgIpc) is 3.94. The van der Waals surface area contributed by atoms with E-state index in [0.29, 0.717) is 18.9 Å². The number of hydrogen-bond donors (Lipinski definition) is 5. The highest BCUT2D eigenvalue weighted by Crippen LogP contribution is 2.31. The molecule has 0 aliphatic carbocycles. The number of nitrogens with one attached hydrogen (secondary N) is 5. The smallest absolute Gasteiger partial charge is 0.407 e. The molecule has 1 fully saturated rings. The molecule has 0 radical (unpaired) electrons. The zero-order chi connectivity index (χ0) is 35.3. The summed E-state index contributed by atoms with van der Waals surface area (Å²) < 4.78 is 8.99. The molecule has 1 atom stereocenters. The fourth-order valence-corrected chi connectivity index (χ4v) is 5.50. The number of benzene rings is 2. The average molecular weight is 681 g/mol. The Morgan fingerprint density at radius 2 is 1.40 bits per heavy atom. The largest absolute Gasteiger partial charge is 0.453 e. The van der Waals surface area contributed by atoms with Crippen LogP contribution in [0.3, 0.4) is 0 Å². The molecule has 0 saturated carbocycles. The van der Waals surface area contributed by atoms with Gasteiger partial charge in [-0.15, -0.1) is 0 Å². The number of unbranched alkanes of at least 4 members (excludes halogenated alkanes) is 1. The minimum absolute atomic E-state index is 0.117. The van der Waals surface area contributed by atoms with Crippen molar-refractivity contribution < 1.29 is 28.7 Å². The zero-order valence-electron chi connectivity index (χ0n) is 28.0. The number of hydrogen-bond acceptors (Lipinski definition) is 8. The molecule has 4 aromatic rings. The number of ether oxygens (including phenoxy) is 2. The first-order chi connectivity index (χ1) is 24.3. The third kappa shape index (κ3) is 9.72. The van der Waals surface area contributed by atoms with Gasteiger partial charge in [0.15, 0.2) is 0 Å². The number of imidazole rings is 2. The maximum atomic E-state index is 12.7. The fourth-order valence-electron chi connectivity index (χ4n) is 5.50. The lowest BCUT2D eigenvalue weighted by Crippen LogP contribution is -2.40. The number of aryl methyl sites for hydroxylation is 1. The van der Waals surface area contributed by atoms with Gasteiger partial charge in [-0.25, -0.2) is 19.6 Å². The number of H-pyrrole nitrogens is 2. The van der Waals surface area contributed by atoms with E-state index in [1.165, 1.54) is 14.2 Å². The zero-order valence-corrected chi connectivity index (χ0v) is 28.0. The molecule has 5 N–H and O–H groups in total. The highest BCUT2D eigenvalue weighted by atomic mass is 16.5. The van der Waals surface area contributed by atoms with Crippen molar-refractivity contribution in [3.8, 4) is 34.4 Å². The number of methoxy groups -OCH3 is 2. The molecule has 2 aromatic heterocycles. The molecular weight excluding hydrogens is 640 g/mol. The molecule has 1 unspecified atom stereocenters. The van der Waals surface area contributed by atoms with Gasteiger partial charge in [-0.3, -0.25) is 9.59 Å². The van der Waals surface area contributed by atoms with E-state index in [1.807, 2.05) is 54.7 Å². The summed E-state index contributed by atoms with van der Waals surface area (Å²) in [7, 11) is 2.51. The Hall–Kier alpha value is -6.10. The number of rotatable bonds is 12. The van der Waals surface area contributed by atoms with Crippen LogP contribution in [0, 0.1) is 11.8 Å². The van der Waals surface area contributed by atoms with E-state index < -0.39 is 12.2 Å². The van der Waals surface area contributed by atoms with Crippen molar-refractivity contribution in [1.29, 1.82) is 0 Å². The number of aromatic nitrogens is 4. The van der Waals surface area contributed by atoms with Gasteiger partial charge in [-0.05, 0) is 61.1 Å². The van der Waals surface area contributed by atoms with E-state index in [0.717, 1.165) is 71.6 Å². The topological polar surface area (TPSA) is 183 Å². The van der Waals surface area contributed by atoms with Gasteiger partial charge < -0.3 is 40.3 Å². The van der Waals surface area contributed by atoms with Crippen LogP contribution in [0.25, 0.3) is 22.5 Å². The van der Waals surface area contributed by atoms with Crippen LogP contribution < -0.4 is 16.0 Å². The summed E-state index contributed by atoms with van der Waals surface area (Å²) >= 11 is 0. The van der Waals surface area contributed by atoms with E-state index in [9.17, 15) is 19.2 Å². The first-order valence-electron chi connectivity index (χ1n) is 16.3. The maximum absolute atomic E-state index is 12.7. The number of aromatic amines is 2. The van der Waals surface area contributed by atoms with Crippen molar-refractivity contribution in [1.82, 2.24) is 40.8 Å². The van der Waals surface area contributed by atoms with Gasteiger partial charge in [0.1, 0.15) is 18.2 Å². The van der Waals surface area contributed by atoms with Crippen molar-refractivity contribution in [2.75, 3.05) is 40.4 Å². The number of carbonyl (C=O) groups is 4. The van der Waals surface area contributed by atoms with E-state index in [-0.39, 0.29) is 30.9 Å². The number of likely N-dealkylation sites (tertiary alicyclic amines) is 1. The summed E-state index contributed by atoms with van der Waals surface area (Å²) in [6, 6.07) is 15.7. The summed E-state index contributed by atoms with van der Waals surface area (Å²) in [5, 5.41) is 7.55. The third-order valence-electron chi connectivity index (χ3n) is 8.17. The van der Waals surface area contributed by atoms with Crippen LogP contribution in [0.4, 0.5) is 9.59 Å². The van der Waals surface area contributed by atoms with Crippen LogP contribution in [-0.4, -0.2) is 89.2 Å². The molecule has 1 aliphatic rings. The van der Waals surface area contributed by atoms with Gasteiger partial charge in [0.05, 0.1) is 50.6 Å². The van der Waals surface area contributed by atoms with E-state index in [4.69, 9.17) is 0 Å². The van der Waals surface area contributed by atoms with Crippen molar-refractivity contribution in [3.05, 3.63) is 83.7 Å². The Labute approximate surface area is 289 Å². The van der Waals surface area contributed by atoms with E-state index in [2.05, 4.69) is 57.2 Å². The molecule has 260 valence electrons. The monoisotopic (exact) mass is 680 g/mol. The molecule has 0 bridgehead atoms. The third-order valence-corrected chi connectivity index (χ3v) is 8.17. The second-order valence-corrected chi connectivity index (χ2v) is 11.6. The molecule has 14 nitrogen and oxygen atoms in total. The summed E-state index contributed by atoms with van der Waals surface area (Å²) in [5.74, 6) is 7.59. The van der Waals surface area contributed by atoms with Gasteiger partial charge in [0.25, 0.3) is 0 Å². The molecule has 1 aliphatic heterocycles. The summed E-state index contributed by atoms with van der Waals surface area (Å²) in [4.78, 5) is 64.3. The molecular formula is C36H40N8O6. The molecule has 14 heteroatoms. The Kier molecular flexibility index (Phi) is 12.2. The van der Waals surface area contributed by atoms with Crippen molar-refractivity contribution in [3.63, 3.8) is 0 Å². The summed E-state index contributed by atoms with van der Waals surface area (Å²) in [6.45, 7) is 0.879. The second-order valence-electron chi connectivity index (χ2n) is 11.6. The highest BCUT2D eigenvalue weighted by molar-refractivity contribution is 5.83. The van der Waals surface area contributed by atoms with Crippen molar-refractivity contribution in [2.45, 2.75) is 38.1 Å². The Morgan fingerprint density at radius 3 is 2.04 bits per heavy atom. The SMILES string of the molecule is COC(=O)NCC(=O)NCCCCc1ncc(-c2ccc(C#Cc3ccc(-c4cnc(C5CCCN5C(=O)CNC(=O)OC)[nH]4)cc3)cc2)[nH]1. The van der Waals surface area contributed by atoms with Crippen LogP contribution in [0.5, 0.6) is 0 Å². The number of carbonyl (C=O) groups excluding carboxylic acids is 4. The maximum Gasteiger partial charge on any atom is 0.407 e. The minimum Gasteiger partial charge on any atom is -0.453 e. The first-order valence-corrected chi connectivity index (χ1v) is 16.3. The van der Waals surface area contributed by atoms with Crippen LogP contribution >= 0.6 is 0 Å². The Bertz CT molecular complexity index is 1840. The van der Waals surface area contributed by atoms with E-state index in [1.54, 1.807) is 11.1 Å². The van der Waals surface area contributed by atoms with Gasteiger partial charge in [-0.1, -0.05) is 36.1 Å². The quantitative estimate of drug-likeness (QED) is 0.111.